The molecule has 27 heavy (non-hydrogen) atoms. The fourth-order valence-corrected chi connectivity index (χ4v) is 2.66. The SMILES string of the molecule is OCC(S)c1ccc(-c2nccnc2Nc2ccc(C(F)(F)F)cc2)cc1. The number of hydrogen-bond acceptors (Lipinski definition) is 5. The molecule has 0 saturated heterocycles. The molecular weight excluding hydrogens is 375 g/mol. The second-order valence-electron chi connectivity index (χ2n) is 5.77. The number of anilines is 2. The number of thiol groups is 1. The molecule has 1 atom stereocenters. The standard InChI is InChI=1S/C19H16F3N3OS/c20-19(21,22)14-5-7-15(8-6-14)25-18-17(23-9-10-24-18)13-3-1-12(2-4-13)16(27)11-26/h1-10,16,26-27H,11H2,(H,24,25). The molecule has 8 heteroatoms. The number of nitrogens with one attached hydrogen (secondary N) is 1. The summed E-state index contributed by atoms with van der Waals surface area (Å²) >= 11 is 4.29. The molecular formula is C19H16F3N3OS. The van der Waals surface area contributed by atoms with E-state index in [9.17, 15) is 18.3 Å². The van der Waals surface area contributed by atoms with E-state index in [-0.39, 0.29) is 11.9 Å². The van der Waals surface area contributed by atoms with Gasteiger partial charge in [-0.3, -0.25) is 4.98 Å². The van der Waals surface area contributed by atoms with Gasteiger partial charge in [-0.25, -0.2) is 4.98 Å². The lowest BCUT2D eigenvalue weighted by Crippen LogP contribution is -2.05. The van der Waals surface area contributed by atoms with E-state index in [1.165, 1.54) is 24.5 Å². The Hall–Kier alpha value is -2.58. The van der Waals surface area contributed by atoms with Gasteiger partial charge in [0.05, 0.1) is 12.2 Å². The summed E-state index contributed by atoms with van der Waals surface area (Å²) in [7, 11) is 0. The molecule has 3 aromatic rings. The van der Waals surface area contributed by atoms with Crippen molar-refractivity contribution in [2.24, 2.45) is 0 Å². The van der Waals surface area contributed by atoms with Crippen molar-refractivity contribution in [2.75, 3.05) is 11.9 Å². The van der Waals surface area contributed by atoms with E-state index in [0.717, 1.165) is 23.3 Å². The van der Waals surface area contributed by atoms with E-state index in [1.54, 1.807) is 0 Å². The summed E-state index contributed by atoms with van der Waals surface area (Å²) in [5, 5.41) is 11.9. The van der Waals surface area contributed by atoms with Crippen molar-refractivity contribution >= 4 is 24.1 Å². The number of rotatable bonds is 5. The van der Waals surface area contributed by atoms with Crippen molar-refractivity contribution in [1.82, 2.24) is 9.97 Å². The number of benzene rings is 2. The topological polar surface area (TPSA) is 58.0 Å². The number of aromatic nitrogens is 2. The monoisotopic (exact) mass is 391 g/mol. The number of nitrogens with zero attached hydrogens (tertiary/aromatic N) is 2. The van der Waals surface area contributed by atoms with Crippen molar-refractivity contribution in [2.45, 2.75) is 11.4 Å². The Morgan fingerprint density at radius 1 is 0.963 bits per heavy atom. The third-order valence-corrected chi connectivity index (χ3v) is 4.38. The normalized spacial score (nSPS) is 12.6. The molecule has 0 spiro atoms. The Morgan fingerprint density at radius 3 is 2.19 bits per heavy atom. The average molecular weight is 391 g/mol. The first-order valence-electron chi connectivity index (χ1n) is 8.03. The van der Waals surface area contributed by atoms with Gasteiger partial charge in [0.1, 0.15) is 5.69 Å². The highest BCUT2D eigenvalue weighted by Crippen LogP contribution is 2.32. The summed E-state index contributed by atoms with van der Waals surface area (Å²) in [5.74, 6) is 0.426. The van der Waals surface area contributed by atoms with Crippen LogP contribution >= 0.6 is 12.6 Å². The molecule has 3 rings (SSSR count). The summed E-state index contributed by atoms with van der Waals surface area (Å²) in [6.45, 7) is -0.0751. The maximum absolute atomic E-state index is 12.7. The van der Waals surface area contributed by atoms with E-state index >= 15 is 0 Å². The van der Waals surface area contributed by atoms with Crippen molar-refractivity contribution in [3.05, 3.63) is 72.1 Å². The Kier molecular flexibility index (Phi) is 5.67. The Morgan fingerprint density at radius 2 is 1.59 bits per heavy atom. The summed E-state index contributed by atoms with van der Waals surface area (Å²) in [6, 6.07) is 12.0. The zero-order chi connectivity index (χ0) is 19.4. The van der Waals surface area contributed by atoms with E-state index in [1.807, 2.05) is 24.3 Å². The fraction of sp³-hybridized carbons (Fsp3) is 0.158. The highest BCUT2D eigenvalue weighted by atomic mass is 32.1. The van der Waals surface area contributed by atoms with E-state index in [0.29, 0.717) is 17.2 Å². The van der Waals surface area contributed by atoms with E-state index in [2.05, 4.69) is 27.9 Å². The molecule has 0 amide bonds. The minimum atomic E-state index is -4.38. The van der Waals surface area contributed by atoms with Gasteiger partial charge in [0.2, 0.25) is 0 Å². The molecule has 0 aliphatic heterocycles. The van der Waals surface area contributed by atoms with Crippen LogP contribution in [0, 0.1) is 0 Å². The average Bonchev–Trinajstić information content (AvgIpc) is 2.68. The van der Waals surface area contributed by atoms with Crippen LogP contribution in [0.1, 0.15) is 16.4 Å². The van der Waals surface area contributed by atoms with Crippen molar-refractivity contribution in [3.8, 4) is 11.3 Å². The maximum atomic E-state index is 12.7. The van der Waals surface area contributed by atoms with Gasteiger partial charge in [0, 0.05) is 28.9 Å². The predicted molar refractivity (Wildman–Crippen MR) is 101 cm³/mol. The highest BCUT2D eigenvalue weighted by Gasteiger charge is 2.29. The molecule has 0 aliphatic rings. The molecule has 0 radical (unpaired) electrons. The first-order chi connectivity index (χ1) is 12.9. The third-order valence-electron chi connectivity index (χ3n) is 3.92. The first kappa shape index (κ1) is 19.2. The fourth-order valence-electron chi connectivity index (χ4n) is 2.49. The lowest BCUT2D eigenvalue weighted by molar-refractivity contribution is -0.137. The van der Waals surface area contributed by atoms with Crippen LogP contribution < -0.4 is 5.32 Å². The van der Waals surface area contributed by atoms with Crippen molar-refractivity contribution < 1.29 is 18.3 Å². The largest absolute Gasteiger partial charge is 0.416 e. The molecule has 1 unspecified atom stereocenters. The van der Waals surface area contributed by atoms with Gasteiger partial charge in [-0.1, -0.05) is 24.3 Å². The van der Waals surface area contributed by atoms with Gasteiger partial charge in [-0.2, -0.15) is 25.8 Å². The smallest absolute Gasteiger partial charge is 0.395 e. The van der Waals surface area contributed by atoms with Crippen LogP contribution in [0.3, 0.4) is 0 Å². The lowest BCUT2D eigenvalue weighted by atomic mass is 10.1. The van der Waals surface area contributed by atoms with Gasteiger partial charge in [-0.05, 0) is 29.8 Å². The maximum Gasteiger partial charge on any atom is 0.416 e. The number of hydrogen-bond donors (Lipinski definition) is 3. The molecule has 0 saturated carbocycles. The molecule has 0 aliphatic carbocycles. The second-order valence-corrected chi connectivity index (χ2v) is 6.40. The van der Waals surface area contributed by atoms with Crippen LogP contribution in [0.2, 0.25) is 0 Å². The molecule has 140 valence electrons. The van der Waals surface area contributed by atoms with Gasteiger partial charge in [-0.15, -0.1) is 0 Å². The van der Waals surface area contributed by atoms with Crippen LogP contribution in [0.15, 0.2) is 60.9 Å². The first-order valence-corrected chi connectivity index (χ1v) is 8.54. The number of aliphatic hydroxyl groups excluding tert-OH is 1. The summed E-state index contributed by atoms with van der Waals surface area (Å²) in [4.78, 5) is 8.57. The Balaban J connectivity index is 1.86. The predicted octanol–water partition coefficient (Wildman–Crippen LogP) is 4.87. The van der Waals surface area contributed by atoms with Gasteiger partial charge >= 0.3 is 6.18 Å². The second kappa shape index (κ2) is 7.98. The van der Waals surface area contributed by atoms with Crippen LogP contribution in [-0.4, -0.2) is 21.7 Å². The Bertz CT molecular complexity index is 899. The molecule has 0 fully saturated rings. The minimum Gasteiger partial charge on any atom is -0.395 e. The quantitative estimate of drug-likeness (QED) is 0.543. The van der Waals surface area contributed by atoms with Gasteiger partial charge < -0.3 is 10.4 Å². The number of alkyl halides is 3. The molecule has 1 heterocycles. The molecule has 2 aromatic carbocycles. The van der Waals surface area contributed by atoms with E-state index in [4.69, 9.17) is 0 Å². The molecule has 2 N–H and O–H groups in total. The zero-order valence-electron chi connectivity index (χ0n) is 14.0. The number of aliphatic hydroxyl groups is 1. The van der Waals surface area contributed by atoms with Crippen molar-refractivity contribution in [3.63, 3.8) is 0 Å². The minimum absolute atomic E-state index is 0.0751. The summed E-state index contributed by atoms with van der Waals surface area (Å²) in [5.41, 5.74) is 1.96. The van der Waals surface area contributed by atoms with E-state index < -0.39 is 11.7 Å². The molecule has 4 nitrogen and oxygen atoms in total. The summed E-state index contributed by atoms with van der Waals surface area (Å²) in [6.07, 6.45) is -1.34. The highest BCUT2D eigenvalue weighted by molar-refractivity contribution is 7.80. The molecule has 1 aromatic heterocycles. The van der Waals surface area contributed by atoms with Crippen LogP contribution in [-0.2, 0) is 6.18 Å². The Labute approximate surface area is 159 Å². The lowest BCUT2D eigenvalue weighted by Gasteiger charge is -2.12. The van der Waals surface area contributed by atoms with Gasteiger partial charge in [0.15, 0.2) is 5.82 Å². The van der Waals surface area contributed by atoms with Crippen LogP contribution in [0.25, 0.3) is 11.3 Å². The summed E-state index contributed by atoms with van der Waals surface area (Å²) < 4.78 is 38.0. The van der Waals surface area contributed by atoms with Crippen LogP contribution in [0.4, 0.5) is 24.7 Å². The molecule has 0 bridgehead atoms. The number of halogens is 3. The van der Waals surface area contributed by atoms with Crippen molar-refractivity contribution in [1.29, 1.82) is 0 Å². The zero-order valence-corrected chi connectivity index (χ0v) is 14.9. The van der Waals surface area contributed by atoms with Gasteiger partial charge in [0.25, 0.3) is 0 Å². The van der Waals surface area contributed by atoms with Crippen LogP contribution in [0.5, 0.6) is 0 Å². The third kappa shape index (κ3) is 4.58.